The average Bonchev–Trinajstić information content (AvgIpc) is 2.37. The van der Waals surface area contributed by atoms with Gasteiger partial charge in [0.1, 0.15) is 5.75 Å². The number of nitrogens with one attached hydrogen (secondary N) is 1. The fraction of sp³-hybridized carbons (Fsp3) is 0.0769. The molecule has 0 aromatic heterocycles. The molecule has 0 spiro atoms. The van der Waals surface area contributed by atoms with Crippen LogP contribution in [-0.4, -0.2) is 23.5 Å². The molecule has 92 valence electrons. The van der Waals surface area contributed by atoms with Crippen LogP contribution in [0.2, 0.25) is 0 Å². The molecule has 5 heteroatoms. The van der Waals surface area contributed by atoms with E-state index < -0.39 is 11.8 Å². The maximum Gasteiger partial charge on any atom is 0.255 e. The number of amides is 2. The summed E-state index contributed by atoms with van der Waals surface area (Å²) < 4.78 is 0. The second-order valence-corrected chi connectivity index (χ2v) is 3.83. The molecule has 0 heterocycles. The Kier molecular flexibility index (Phi) is 3.14. The smallest absolute Gasteiger partial charge is 0.255 e. The largest absolute Gasteiger partial charge is 0.506 e. The molecule has 0 atom stereocenters. The summed E-state index contributed by atoms with van der Waals surface area (Å²) >= 11 is 0. The van der Waals surface area contributed by atoms with Crippen LogP contribution >= 0.6 is 0 Å². The van der Waals surface area contributed by atoms with Crippen molar-refractivity contribution < 1.29 is 14.7 Å². The number of carbonyl (C=O) groups is 2. The minimum atomic E-state index is -0.636. The number of phenolic OH excluding ortho intramolecular Hbond substituents is 1. The molecular weight excluding hydrogens is 232 g/mol. The van der Waals surface area contributed by atoms with Gasteiger partial charge in [-0.05, 0) is 11.5 Å². The molecule has 5 nitrogen and oxygen atoms in total. The summed E-state index contributed by atoms with van der Waals surface area (Å²) in [5, 5.41) is 13.8. The monoisotopic (exact) mass is 244 g/mol. The Morgan fingerprint density at radius 2 is 1.89 bits per heavy atom. The van der Waals surface area contributed by atoms with Crippen LogP contribution in [0.4, 0.5) is 0 Å². The summed E-state index contributed by atoms with van der Waals surface area (Å²) in [4.78, 5) is 22.3. The zero-order valence-electron chi connectivity index (χ0n) is 9.51. The van der Waals surface area contributed by atoms with Gasteiger partial charge in [-0.15, -0.1) is 0 Å². The Bertz CT molecular complexity index is 623. The maximum absolute atomic E-state index is 11.7. The van der Waals surface area contributed by atoms with Crippen molar-refractivity contribution in [2.45, 2.75) is 0 Å². The second-order valence-electron chi connectivity index (χ2n) is 3.83. The first kappa shape index (κ1) is 11.9. The van der Waals surface area contributed by atoms with Gasteiger partial charge >= 0.3 is 0 Å². The third-order valence-electron chi connectivity index (χ3n) is 2.57. The van der Waals surface area contributed by atoms with E-state index in [0.717, 1.165) is 5.39 Å². The fourth-order valence-corrected chi connectivity index (χ4v) is 1.70. The Labute approximate surface area is 103 Å². The Hall–Kier alpha value is -2.56. The van der Waals surface area contributed by atoms with Crippen LogP contribution in [-0.2, 0) is 4.79 Å². The van der Waals surface area contributed by atoms with Crippen LogP contribution < -0.4 is 11.1 Å². The number of carbonyl (C=O) groups excluding carboxylic acids is 2. The first-order valence-corrected chi connectivity index (χ1v) is 5.37. The highest BCUT2D eigenvalue weighted by Crippen LogP contribution is 2.28. The summed E-state index contributed by atoms with van der Waals surface area (Å²) in [7, 11) is 0. The quantitative estimate of drug-likeness (QED) is 0.744. The third-order valence-corrected chi connectivity index (χ3v) is 2.57. The lowest BCUT2D eigenvalue weighted by atomic mass is 10.0. The molecule has 2 amide bonds. The molecule has 2 rings (SSSR count). The summed E-state index contributed by atoms with van der Waals surface area (Å²) in [6.07, 6.45) is 0. The molecule has 0 aliphatic heterocycles. The van der Waals surface area contributed by atoms with Gasteiger partial charge in [0, 0.05) is 5.39 Å². The van der Waals surface area contributed by atoms with E-state index in [-0.39, 0.29) is 17.9 Å². The normalized spacial score (nSPS) is 10.2. The number of phenols is 1. The highest BCUT2D eigenvalue weighted by atomic mass is 16.3. The van der Waals surface area contributed by atoms with E-state index in [1.165, 1.54) is 6.07 Å². The standard InChI is InChI=1S/C13H12N2O3/c14-11(16)7-15-13(18)10-6-5-8-3-1-2-4-9(8)12(10)17/h1-6,17H,7H2,(H2,14,16)(H,15,18). The highest BCUT2D eigenvalue weighted by molar-refractivity contribution is 6.04. The number of primary amides is 1. The zero-order chi connectivity index (χ0) is 13.1. The molecule has 4 N–H and O–H groups in total. The lowest BCUT2D eigenvalue weighted by molar-refractivity contribution is -0.117. The topological polar surface area (TPSA) is 92.4 Å². The fourth-order valence-electron chi connectivity index (χ4n) is 1.70. The Morgan fingerprint density at radius 3 is 2.61 bits per heavy atom. The van der Waals surface area contributed by atoms with Crippen molar-refractivity contribution in [2.24, 2.45) is 5.73 Å². The van der Waals surface area contributed by atoms with Gasteiger partial charge in [-0.1, -0.05) is 30.3 Å². The van der Waals surface area contributed by atoms with Gasteiger partial charge in [-0.25, -0.2) is 0 Å². The number of hydrogen-bond acceptors (Lipinski definition) is 3. The molecule has 2 aromatic carbocycles. The van der Waals surface area contributed by atoms with Crippen LogP contribution in [0.3, 0.4) is 0 Å². The lowest BCUT2D eigenvalue weighted by Crippen LogP contribution is -2.33. The van der Waals surface area contributed by atoms with Crippen LogP contribution in [0.25, 0.3) is 10.8 Å². The summed E-state index contributed by atoms with van der Waals surface area (Å²) in [6, 6.07) is 10.4. The third kappa shape index (κ3) is 2.24. The maximum atomic E-state index is 11.7. The molecule has 0 unspecified atom stereocenters. The summed E-state index contributed by atoms with van der Waals surface area (Å²) in [5.74, 6) is -1.27. The van der Waals surface area contributed by atoms with E-state index in [9.17, 15) is 14.7 Å². The van der Waals surface area contributed by atoms with Gasteiger partial charge in [0.2, 0.25) is 5.91 Å². The number of rotatable bonds is 3. The van der Waals surface area contributed by atoms with E-state index in [1.807, 2.05) is 12.1 Å². The van der Waals surface area contributed by atoms with Gasteiger partial charge in [0.25, 0.3) is 5.91 Å². The molecule has 0 bridgehead atoms. The van der Waals surface area contributed by atoms with Gasteiger partial charge in [-0.3, -0.25) is 9.59 Å². The van der Waals surface area contributed by atoms with Crippen LogP contribution in [0.15, 0.2) is 36.4 Å². The number of benzene rings is 2. The molecule has 18 heavy (non-hydrogen) atoms. The predicted octanol–water partition coefficient (Wildman–Crippen LogP) is 0.760. The molecule has 0 saturated heterocycles. The Morgan fingerprint density at radius 1 is 1.17 bits per heavy atom. The molecule has 0 saturated carbocycles. The minimum Gasteiger partial charge on any atom is -0.506 e. The number of nitrogens with two attached hydrogens (primary N) is 1. The van der Waals surface area contributed by atoms with E-state index in [2.05, 4.69) is 5.32 Å². The van der Waals surface area contributed by atoms with Crippen molar-refractivity contribution in [2.75, 3.05) is 6.54 Å². The molecule has 0 aliphatic rings. The SMILES string of the molecule is NC(=O)CNC(=O)c1ccc2ccccc2c1O. The van der Waals surface area contributed by atoms with Crippen molar-refractivity contribution in [3.8, 4) is 5.75 Å². The van der Waals surface area contributed by atoms with Crippen molar-refractivity contribution in [1.29, 1.82) is 0 Å². The number of aromatic hydroxyl groups is 1. The number of hydrogen-bond donors (Lipinski definition) is 3. The summed E-state index contributed by atoms with van der Waals surface area (Å²) in [6.45, 7) is -0.259. The Balaban J connectivity index is 2.37. The van der Waals surface area contributed by atoms with Gasteiger partial charge in [0.15, 0.2) is 0 Å². The van der Waals surface area contributed by atoms with Gasteiger partial charge < -0.3 is 16.2 Å². The van der Waals surface area contributed by atoms with Crippen LogP contribution in [0.5, 0.6) is 5.75 Å². The lowest BCUT2D eigenvalue weighted by Gasteiger charge is -2.07. The average molecular weight is 244 g/mol. The van der Waals surface area contributed by atoms with Gasteiger partial charge in [0.05, 0.1) is 12.1 Å². The molecule has 0 radical (unpaired) electrons. The predicted molar refractivity (Wildman–Crippen MR) is 67.1 cm³/mol. The molecular formula is C13H12N2O3. The van der Waals surface area contributed by atoms with Gasteiger partial charge in [-0.2, -0.15) is 0 Å². The van der Waals surface area contributed by atoms with E-state index in [1.54, 1.807) is 18.2 Å². The van der Waals surface area contributed by atoms with Crippen LogP contribution in [0.1, 0.15) is 10.4 Å². The van der Waals surface area contributed by atoms with E-state index in [4.69, 9.17) is 5.73 Å². The van der Waals surface area contributed by atoms with E-state index in [0.29, 0.717) is 5.39 Å². The van der Waals surface area contributed by atoms with Crippen molar-refractivity contribution in [1.82, 2.24) is 5.32 Å². The molecule has 2 aromatic rings. The van der Waals surface area contributed by atoms with Crippen molar-refractivity contribution in [3.63, 3.8) is 0 Å². The van der Waals surface area contributed by atoms with E-state index >= 15 is 0 Å². The molecule has 0 fully saturated rings. The van der Waals surface area contributed by atoms with Crippen molar-refractivity contribution >= 4 is 22.6 Å². The second kappa shape index (κ2) is 4.75. The highest BCUT2D eigenvalue weighted by Gasteiger charge is 2.13. The molecule has 0 aliphatic carbocycles. The van der Waals surface area contributed by atoms with Crippen molar-refractivity contribution in [3.05, 3.63) is 42.0 Å². The first-order valence-electron chi connectivity index (χ1n) is 5.37. The zero-order valence-corrected chi connectivity index (χ0v) is 9.51. The minimum absolute atomic E-state index is 0.102. The van der Waals surface area contributed by atoms with Crippen LogP contribution in [0, 0.1) is 0 Å². The summed E-state index contributed by atoms with van der Waals surface area (Å²) in [5.41, 5.74) is 5.05. The first-order chi connectivity index (χ1) is 8.59. The number of fused-ring (bicyclic) bond motifs is 1.